The lowest BCUT2D eigenvalue weighted by atomic mass is 9.83. The molecule has 0 radical (unpaired) electrons. The van der Waals surface area contributed by atoms with Crippen LogP contribution in [0.5, 0.6) is 0 Å². The number of hydrogen-bond donors (Lipinski definition) is 1. The summed E-state index contributed by atoms with van der Waals surface area (Å²) in [6.45, 7) is 10.6. The van der Waals surface area contributed by atoms with E-state index >= 15 is 0 Å². The number of morpholine rings is 1. The van der Waals surface area contributed by atoms with Crippen LogP contribution in [0.1, 0.15) is 26.3 Å². The average Bonchev–Trinajstić information content (AvgIpc) is 2.32. The molecule has 1 aromatic rings. The lowest BCUT2D eigenvalue weighted by Crippen LogP contribution is -2.48. The molecular weight excluding hydrogens is 224 g/mol. The van der Waals surface area contributed by atoms with Crippen LogP contribution in [-0.4, -0.2) is 37.2 Å². The van der Waals surface area contributed by atoms with Gasteiger partial charge in [0.1, 0.15) is 0 Å². The molecule has 0 aliphatic carbocycles. The number of nitrogen functional groups attached to an aromatic ring is 1. The van der Waals surface area contributed by atoms with Crippen LogP contribution in [0, 0.1) is 0 Å². The first-order valence-corrected chi connectivity index (χ1v) is 6.67. The summed E-state index contributed by atoms with van der Waals surface area (Å²) in [6, 6.07) is 8.76. The Morgan fingerprint density at radius 2 is 2.00 bits per heavy atom. The fourth-order valence-corrected chi connectivity index (χ4v) is 2.53. The van der Waals surface area contributed by atoms with Gasteiger partial charge < -0.3 is 10.5 Å². The van der Waals surface area contributed by atoms with Crippen molar-refractivity contribution in [2.75, 3.05) is 32.0 Å². The number of nitrogens with zero attached hydrogens (tertiary/aromatic N) is 1. The van der Waals surface area contributed by atoms with E-state index in [0.29, 0.717) is 6.04 Å². The van der Waals surface area contributed by atoms with Crippen molar-refractivity contribution in [1.82, 2.24) is 4.90 Å². The summed E-state index contributed by atoms with van der Waals surface area (Å²) in [6.07, 6.45) is 0. The third-order valence-electron chi connectivity index (χ3n) is 3.80. The second-order valence-electron chi connectivity index (χ2n) is 5.90. The first kappa shape index (κ1) is 13.4. The van der Waals surface area contributed by atoms with Crippen LogP contribution in [0.2, 0.25) is 0 Å². The van der Waals surface area contributed by atoms with Crippen LogP contribution < -0.4 is 5.73 Å². The van der Waals surface area contributed by atoms with Gasteiger partial charge in [-0.25, -0.2) is 0 Å². The van der Waals surface area contributed by atoms with Gasteiger partial charge in [0.15, 0.2) is 0 Å². The summed E-state index contributed by atoms with van der Waals surface area (Å²) in [5.41, 5.74) is 8.06. The maximum absolute atomic E-state index is 5.75. The molecule has 1 heterocycles. The lowest BCUT2D eigenvalue weighted by Gasteiger charge is -2.39. The summed E-state index contributed by atoms with van der Waals surface area (Å²) in [4.78, 5) is 2.51. The molecule has 1 unspecified atom stereocenters. The third-order valence-corrected chi connectivity index (χ3v) is 3.80. The standard InChI is InChI=1S/C15H24N2O/c1-12-10-18-9-8-17(12)11-15(2,3)13-4-6-14(16)7-5-13/h4-7,12H,8-11,16H2,1-3H3. The van der Waals surface area contributed by atoms with E-state index in [2.05, 4.69) is 37.8 Å². The molecule has 2 rings (SSSR count). The number of ether oxygens (including phenoxy) is 1. The van der Waals surface area contributed by atoms with Crippen LogP contribution in [0.25, 0.3) is 0 Å². The monoisotopic (exact) mass is 248 g/mol. The minimum absolute atomic E-state index is 0.138. The van der Waals surface area contributed by atoms with E-state index in [-0.39, 0.29) is 5.41 Å². The second-order valence-corrected chi connectivity index (χ2v) is 5.90. The highest BCUT2D eigenvalue weighted by atomic mass is 16.5. The van der Waals surface area contributed by atoms with Crippen molar-refractivity contribution in [2.45, 2.75) is 32.2 Å². The van der Waals surface area contributed by atoms with Gasteiger partial charge in [-0.1, -0.05) is 26.0 Å². The van der Waals surface area contributed by atoms with Gasteiger partial charge in [-0.3, -0.25) is 4.90 Å². The highest BCUT2D eigenvalue weighted by molar-refractivity contribution is 5.41. The van der Waals surface area contributed by atoms with E-state index in [1.165, 1.54) is 5.56 Å². The molecule has 0 aromatic heterocycles. The maximum Gasteiger partial charge on any atom is 0.0619 e. The van der Waals surface area contributed by atoms with Crippen LogP contribution in [-0.2, 0) is 10.2 Å². The lowest BCUT2D eigenvalue weighted by molar-refractivity contribution is -0.00829. The van der Waals surface area contributed by atoms with E-state index in [1.807, 2.05) is 12.1 Å². The van der Waals surface area contributed by atoms with Crippen molar-refractivity contribution in [3.05, 3.63) is 29.8 Å². The van der Waals surface area contributed by atoms with Crippen LogP contribution >= 0.6 is 0 Å². The normalized spacial score (nSPS) is 22.1. The summed E-state index contributed by atoms with van der Waals surface area (Å²) in [7, 11) is 0. The molecule has 0 amide bonds. The Bertz CT molecular complexity index is 386. The Balaban J connectivity index is 2.08. The van der Waals surface area contributed by atoms with Crippen molar-refractivity contribution >= 4 is 5.69 Å². The van der Waals surface area contributed by atoms with Gasteiger partial charge in [-0.05, 0) is 24.6 Å². The molecule has 18 heavy (non-hydrogen) atoms. The van der Waals surface area contributed by atoms with Gasteiger partial charge >= 0.3 is 0 Å². The summed E-state index contributed by atoms with van der Waals surface area (Å²) < 4.78 is 5.49. The Morgan fingerprint density at radius 1 is 1.33 bits per heavy atom. The predicted molar refractivity (Wildman–Crippen MR) is 75.7 cm³/mol. The average molecular weight is 248 g/mol. The summed E-state index contributed by atoms with van der Waals surface area (Å²) in [5, 5.41) is 0. The molecular formula is C15H24N2O. The van der Waals surface area contributed by atoms with Crippen molar-refractivity contribution in [2.24, 2.45) is 0 Å². The summed E-state index contributed by atoms with van der Waals surface area (Å²) >= 11 is 0. The smallest absolute Gasteiger partial charge is 0.0619 e. The molecule has 0 saturated carbocycles. The van der Waals surface area contributed by atoms with Gasteiger partial charge in [-0.2, -0.15) is 0 Å². The molecule has 1 aliphatic rings. The largest absolute Gasteiger partial charge is 0.399 e. The predicted octanol–water partition coefficient (Wildman–Crippen LogP) is 2.27. The fourth-order valence-electron chi connectivity index (χ4n) is 2.53. The fraction of sp³-hybridized carbons (Fsp3) is 0.600. The van der Waals surface area contributed by atoms with E-state index in [4.69, 9.17) is 10.5 Å². The van der Waals surface area contributed by atoms with Crippen molar-refractivity contribution < 1.29 is 4.74 Å². The molecule has 1 aromatic carbocycles. The van der Waals surface area contributed by atoms with Gasteiger partial charge in [0.25, 0.3) is 0 Å². The first-order chi connectivity index (χ1) is 8.49. The van der Waals surface area contributed by atoms with E-state index in [9.17, 15) is 0 Å². The Hall–Kier alpha value is -1.06. The number of hydrogen-bond acceptors (Lipinski definition) is 3. The zero-order valence-electron chi connectivity index (χ0n) is 11.6. The maximum atomic E-state index is 5.75. The minimum Gasteiger partial charge on any atom is -0.399 e. The number of nitrogens with two attached hydrogens (primary N) is 1. The van der Waals surface area contributed by atoms with Gasteiger partial charge in [0.2, 0.25) is 0 Å². The number of rotatable bonds is 3. The molecule has 3 nitrogen and oxygen atoms in total. The Morgan fingerprint density at radius 3 is 2.61 bits per heavy atom. The molecule has 100 valence electrons. The second kappa shape index (κ2) is 5.29. The zero-order valence-corrected chi connectivity index (χ0v) is 11.6. The molecule has 2 N–H and O–H groups in total. The molecule has 1 aliphatic heterocycles. The van der Waals surface area contributed by atoms with Crippen molar-refractivity contribution in [3.8, 4) is 0 Å². The van der Waals surface area contributed by atoms with Gasteiger partial charge in [0, 0.05) is 30.2 Å². The van der Waals surface area contributed by atoms with Crippen molar-refractivity contribution in [1.29, 1.82) is 0 Å². The topological polar surface area (TPSA) is 38.5 Å². The zero-order chi connectivity index (χ0) is 13.2. The van der Waals surface area contributed by atoms with Gasteiger partial charge in [0.05, 0.1) is 13.2 Å². The van der Waals surface area contributed by atoms with Gasteiger partial charge in [-0.15, -0.1) is 0 Å². The molecule has 3 heteroatoms. The summed E-state index contributed by atoms with van der Waals surface area (Å²) in [5.74, 6) is 0. The molecule has 0 spiro atoms. The van der Waals surface area contributed by atoms with E-state index in [1.54, 1.807) is 0 Å². The van der Waals surface area contributed by atoms with E-state index in [0.717, 1.165) is 32.0 Å². The van der Waals surface area contributed by atoms with Crippen LogP contribution in [0.3, 0.4) is 0 Å². The highest BCUT2D eigenvalue weighted by Gasteiger charge is 2.28. The first-order valence-electron chi connectivity index (χ1n) is 6.67. The molecule has 0 bridgehead atoms. The molecule has 1 atom stereocenters. The number of benzene rings is 1. The van der Waals surface area contributed by atoms with Crippen LogP contribution in [0.15, 0.2) is 24.3 Å². The van der Waals surface area contributed by atoms with Crippen molar-refractivity contribution in [3.63, 3.8) is 0 Å². The quantitative estimate of drug-likeness (QED) is 0.834. The Labute approximate surface area is 110 Å². The van der Waals surface area contributed by atoms with Crippen LogP contribution in [0.4, 0.5) is 5.69 Å². The van der Waals surface area contributed by atoms with E-state index < -0.39 is 0 Å². The minimum atomic E-state index is 0.138. The SMILES string of the molecule is CC1COCCN1CC(C)(C)c1ccc(N)cc1. The number of anilines is 1. The molecule has 1 saturated heterocycles. The highest BCUT2D eigenvalue weighted by Crippen LogP contribution is 2.26. The third kappa shape index (κ3) is 3.03. The Kier molecular flexibility index (Phi) is 3.93. The molecule has 1 fully saturated rings.